The third-order valence-corrected chi connectivity index (χ3v) is 28.8. The Labute approximate surface area is 560 Å². The Kier molecular flexibility index (Phi) is 19.4. The van der Waals surface area contributed by atoms with E-state index < -0.39 is 35.4 Å². The number of benzene rings is 6. The van der Waals surface area contributed by atoms with E-state index in [9.17, 15) is 45.6 Å². The van der Waals surface area contributed by atoms with E-state index in [1.54, 1.807) is 54.0 Å². The fraction of sp³-hybridized carbons (Fsp3) is 0.479. The first-order valence-corrected chi connectivity index (χ1v) is 40.1. The molecule has 12 atom stereocenters. The molecule has 0 spiro atoms. The number of hydrogen-bond acceptors (Lipinski definition) is 19. The van der Waals surface area contributed by atoms with Crippen LogP contribution in [-0.2, 0) is 36.2 Å². The van der Waals surface area contributed by atoms with Crippen molar-refractivity contribution in [2.75, 3.05) is 37.1 Å². The second kappa shape index (κ2) is 27.6. The second-order valence-electron chi connectivity index (χ2n) is 27.0. The van der Waals surface area contributed by atoms with E-state index in [2.05, 4.69) is 85.9 Å². The van der Waals surface area contributed by atoms with Gasteiger partial charge in [-0.2, -0.15) is 0 Å². The molecular weight excluding hydrogens is 1280 g/mol. The van der Waals surface area contributed by atoms with Crippen LogP contribution in [0.3, 0.4) is 0 Å². The van der Waals surface area contributed by atoms with Gasteiger partial charge in [-0.25, -0.2) is 0 Å². The maximum Gasteiger partial charge on any atom is 0.238 e. The molecule has 7 aromatic rings. The molecule has 2 fully saturated rings. The lowest BCUT2D eigenvalue weighted by atomic mass is 9.65. The monoisotopic (exact) mass is 1360 g/mol. The lowest BCUT2D eigenvalue weighted by Gasteiger charge is -2.43. The van der Waals surface area contributed by atoms with E-state index in [1.807, 2.05) is 16.9 Å². The highest BCUT2D eigenvalue weighted by molar-refractivity contribution is 8.77. The molecule has 0 saturated carbocycles. The van der Waals surface area contributed by atoms with Crippen molar-refractivity contribution < 1.29 is 54.8 Å². The average Bonchev–Trinajstić information content (AvgIpc) is 0.769. The number of piperidine rings is 1. The smallest absolute Gasteiger partial charge is 0.238 e. The summed E-state index contributed by atoms with van der Waals surface area (Å²) in [5.41, 5.74) is 10.7. The summed E-state index contributed by atoms with van der Waals surface area (Å²) in [7, 11) is 10.4. The first kappa shape index (κ1) is 64.8. The Morgan fingerprint density at radius 1 is 0.761 bits per heavy atom. The summed E-state index contributed by atoms with van der Waals surface area (Å²) in [6.45, 7) is 4.14. The fourth-order valence-corrected chi connectivity index (χ4v) is 25.0. The molecule has 486 valence electrons. The number of Topliss-reactive ketones (excluding diaryl/α,β-unsaturated/α-hetero) is 1. The summed E-state index contributed by atoms with van der Waals surface area (Å²) in [6.07, 6.45) is 4.28. The van der Waals surface area contributed by atoms with Crippen molar-refractivity contribution in [2.45, 2.75) is 162 Å². The molecule has 7 bridgehead atoms. The molecule has 14 rings (SSSR count). The number of ether oxygens (including phenoxy) is 1. The van der Waals surface area contributed by atoms with Crippen LogP contribution in [0.5, 0.6) is 23.0 Å². The van der Waals surface area contributed by atoms with Crippen molar-refractivity contribution in [3.63, 3.8) is 0 Å². The molecule has 19 heteroatoms. The van der Waals surface area contributed by atoms with Crippen molar-refractivity contribution in [2.24, 2.45) is 17.8 Å². The number of rotatable bonds is 12. The van der Waals surface area contributed by atoms with Crippen LogP contribution in [0.25, 0.3) is 44.2 Å². The van der Waals surface area contributed by atoms with E-state index in [-0.39, 0.29) is 124 Å². The number of aromatic hydroxyl groups is 3. The molecular formula is C73H81NO12S6. The summed E-state index contributed by atoms with van der Waals surface area (Å²) in [4.78, 5) is 29.4. The van der Waals surface area contributed by atoms with Gasteiger partial charge < -0.3 is 55.3 Å². The van der Waals surface area contributed by atoms with Crippen molar-refractivity contribution >= 4 is 92.3 Å². The maximum absolute atomic E-state index is 15.8. The molecule has 0 radical (unpaired) electrons. The minimum Gasteiger partial charge on any atom is -0.507 e. The highest BCUT2D eigenvalue weighted by Gasteiger charge is 2.47. The Balaban J connectivity index is 0.902. The van der Waals surface area contributed by atoms with Gasteiger partial charge in [0.15, 0.2) is 5.76 Å². The number of fused-ring (bicyclic) bond motifs is 15. The first-order chi connectivity index (χ1) is 44.7. The molecule has 5 aliphatic heterocycles. The zero-order valence-corrected chi connectivity index (χ0v) is 56.7. The van der Waals surface area contributed by atoms with Gasteiger partial charge in [0.1, 0.15) is 40.1 Å². The average molecular weight is 1360 g/mol. The molecule has 13 nitrogen and oxygen atoms in total. The molecule has 7 aliphatic rings. The van der Waals surface area contributed by atoms with Crippen LogP contribution in [-0.4, -0.2) is 113 Å². The number of carbonyl (C=O) groups excluding carboxylic acids is 1. The molecule has 1 aromatic heterocycles. The number of ketones is 1. The van der Waals surface area contributed by atoms with Gasteiger partial charge in [-0.1, -0.05) is 139 Å². The number of aliphatic hydroxyl groups is 5. The Hall–Kier alpha value is -4.48. The van der Waals surface area contributed by atoms with Crippen LogP contribution in [0.2, 0.25) is 0 Å². The van der Waals surface area contributed by atoms with Gasteiger partial charge in [-0.05, 0) is 178 Å². The van der Waals surface area contributed by atoms with Gasteiger partial charge in [0.05, 0.1) is 28.9 Å². The molecule has 12 unspecified atom stereocenters. The molecule has 2 saturated heterocycles. The number of nitrogens with one attached hydrogen (secondary N) is 1. The van der Waals surface area contributed by atoms with E-state index >= 15 is 4.79 Å². The predicted molar refractivity (Wildman–Crippen MR) is 377 cm³/mol. The van der Waals surface area contributed by atoms with Crippen LogP contribution in [0, 0.1) is 17.8 Å². The SMILES string of the molecule is CC(C)Cc1cc(-c2oc3cc(O)c4c(c3c(=O)c2O)OC2CC3c5c-4cc4c6c(ccc(c56)C(SSCCCC2O)C3O)CC(CCCO)C4CCO)c2c(c1O)Cc1cccc(c1)C1NC3CSSCC(C(=O)CCCO)c4cccc(c4)CC3CC1SSC2. The zero-order valence-electron chi connectivity index (χ0n) is 51.8. The first-order valence-electron chi connectivity index (χ1n) is 32.9. The molecule has 6 aromatic carbocycles. The summed E-state index contributed by atoms with van der Waals surface area (Å²) >= 11 is 0. The van der Waals surface area contributed by atoms with Crippen molar-refractivity contribution in [3.8, 4) is 45.4 Å². The molecule has 2 aliphatic carbocycles. The lowest BCUT2D eigenvalue weighted by Crippen LogP contribution is -2.50. The topological polar surface area (TPSA) is 230 Å². The predicted octanol–water partition coefficient (Wildman–Crippen LogP) is 14.1. The Morgan fingerprint density at radius 2 is 1.57 bits per heavy atom. The highest BCUT2D eigenvalue weighted by atomic mass is 33.1. The van der Waals surface area contributed by atoms with Gasteiger partial charge in [-0.3, -0.25) is 9.59 Å². The van der Waals surface area contributed by atoms with Gasteiger partial charge in [0, 0.05) is 96.1 Å². The van der Waals surface area contributed by atoms with E-state index in [0.29, 0.717) is 96.4 Å². The van der Waals surface area contributed by atoms with Gasteiger partial charge in [-0.15, -0.1) is 0 Å². The minimum atomic E-state index is -1.03. The fourth-order valence-electron chi connectivity index (χ4n) is 16.4. The molecule has 92 heavy (non-hydrogen) atoms. The van der Waals surface area contributed by atoms with Crippen LogP contribution >= 0.6 is 64.8 Å². The van der Waals surface area contributed by atoms with E-state index in [1.165, 1.54) is 11.6 Å². The largest absolute Gasteiger partial charge is 0.507 e. The Bertz CT molecular complexity index is 4030. The molecule has 9 N–H and O–H groups in total. The Morgan fingerprint density at radius 3 is 2.38 bits per heavy atom. The number of aliphatic hydroxyl groups excluding tert-OH is 5. The van der Waals surface area contributed by atoms with Gasteiger partial charge in [0.25, 0.3) is 0 Å². The van der Waals surface area contributed by atoms with Crippen molar-refractivity contribution in [1.29, 1.82) is 0 Å². The van der Waals surface area contributed by atoms with Gasteiger partial charge in [0.2, 0.25) is 11.2 Å². The maximum atomic E-state index is 15.8. The van der Waals surface area contributed by atoms with Crippen molar-refractivity contribution in [1.82, 2.24) is 5.32 Å². The summed E-state index contributed by atoms with van der Waals surface area (Å²) in [5, 5.41) is 99.9. The molecule has 6 heterocycles. The number of carbonyl (C=O) groups is 1. The number of phenols is 2. The summed E-state index contributed by atoms with van der Waals surface area (Å²) in [6, 6.07) is 27.0. The van der Waals surface area contributed by atoms with Crippen LogP contribution in [0.1, 0.15) is 162 Å². The van der Waals surface area contributed by atoms with E-state index in [4.69, 9.17) is 9.15 Å². The summed E-state index contributed by atoms with van der Waals surface area (Å²) in [5.74, 6) is 1.46. The zero-order chi connectivity index (χ0) is 63.6. The normalized spacial score (nSPS) is 26.9. The van der Waals surface area contributed by atoms with Crippen LogP contribution in [0.15, 0.2) is 88.1 Å². The van der Waals surface area contributed by atoms with Gasteiger partial charge >= 0.3 is 0 Å². The molecule has 0 amide bonds. The van der Waals surface area contributed by atoms with Crippen molar-refractivity contribution in [3.05, 3.63) is 150 Å². The summed E-state index contributed by atoms with van der Waals surface area (Å²) < 4.78 is 14.1. The number of phenolic OH excluding ortho intramolecular Hbond substituents is 2. The van der Waals surface area contributed by atoms with Crippen LogP contribution < -0.4 is 15.5 Å². The third kappa shape index (κ3) is 12.1. The van der Waals surface area contributed by atoms with Crippen LogP contribution in [0.4, 0.5) is 0 Å². The number of hydrogen-bond donors (Lipinski definition) is 9. The minimum absolute atomic E-state index is 0.00809. The quantitative estimate of drug-likeness (QED) is 0.0518. The van der Waals surface area contributed by atoms with E-state index in [0.717, 1.165) is 81.2 Å². The third-order valence-electron chi connectivity index (χ3n) is 20.8. The highest BCUT2D eigenvalue weighted by Crippen LogP contribution is 2.62. The second-order valence-corrected chi connectivity index (χ2v) is 34.8. The lowest BCUT2D eigenvalue weighted by molar-refractivity contribution is -0.120. The standard InChI is InChI=1S/C73H81NO12S6/c1-36(2)22-44-28-49(53-34-90-91-60-29-43-25-37-8-3-10-39(23-37)52(55(78)13-6-19-76)33-88-89-35-54(43)74-66(60)42-11-4-9-38(24-42)26-48(53)67(44)81)71-70(84)69(83)65-59(86-71)32-57(80)63-50-30-47-45(17-20-77)40(12-5-18-75)27-41-15-16-46-64(61(41)47)62(50)51-31-58(85-72(63)65)56(79)14-7-21-87-92-73(46)68(51)82/h3-4,8-11,15-16,23-24,28,30,32,36,40,43,45,51-52,54,56,58,60,66,68,73-77,79-82,84H,5-7,12-14,17-22,25-27,29,31,33-35H2,1-2H3.